The summed E-state index contributed by atoms with van der Waals surface area (Å²) in [5.41, 5.74) is 5.58. The van der Waals surface area contributed by atoms with Crippen molar-refractivity contribution in [3.63, 3.8) is 0 Å². The largest absolute Gasteiger partial charge is 0.288 e. The molecule has 1 fully saturated rings. The van der Waals surface area contributed by atoms with Crippen LogP contribution in [0.4, 0.5) is 11.4 Å². The lowest BCUT2D eigenvalue weighted by atomic mass is 9.68. The number of hydrogen-bond acceptors (Lipinski definition) is 4. The topological polar surface area (TPSA) is 55.2 Å². The molecule has 1 aromatic heterocycles. The highest BCUT2D eigenvalue weighted by Gasteiger charge is 2.44. The molecule has 198 valence electrons. The van der Waals surface area contributed by atoms with Crippen molar-refractivity contribution < 1.29 is 4.79 Å². The Morgan fingerprint density at radius 1 is 0.949 bits per heavy atom. The van der Waals surface area contributed by atoms with E-state index in [1.54, 1.807) is 9.47 Å². The summed E-state index contributed by atoms with van der Waals surface area (Å²) in [4.78, 5) is 35.1. The average molecular weight is 536 g/mol. The molecule has 0 saturated heterocycles. The second-order valence-electron chi connectivity index (χ2n) is 10.6. The molecule has 0 aliphatic heterocycles. The third-order valence-electron chi connectivity index (χ3n) is 8.22. The number of para-hydroxylation sites is 2. The number of anilines is 2. The van der Waals surface area contributed by atoms with Crippen molar-refractivity contribution in [3.8, 4) is 11.3 Å². The second-order valence-corrected chi connectivity index (χ2v) is 11.9. The van der Waals surface area contributed by atoms with Gasteiger partial charge in [0.05, 0.1) is 16.5 Å². The second kappa shape index (κ2) is 10.5. The van der Waals surface area contributed by atoms with E-state index >= 15 is 0 Å². The molecule has 1 heterocycles. The maximum absolute atomic E-state index is 14.2. The van der Waals surface area contributed by atoms with Crippen molar-refractivity contribution in [1.29, 1.82) is 0 Å². The fraction of sp³-hybridized carbons (Fsp3) is 0.303. The SMILES string of the molecule is CCn1c(SC(C)C(=O)N(c2ccccc2)c2ccccc2)nc2c(c1=O)C1(CCCC1)Cc1ccccc1-2. The van der Waals surface area contributed by atoms with Gasteiger partial charge < -0.3 is 0 Å². The lowest BCUT2D eigenvalue weighted by molar-refractivity contribution is -0.117. The highest BCUT2D eigenvalue weighted by atomic mass is 32.2. The van der Waals surface area contributed by atoms with Gasteiger partial charge in [-0.15, -0.1) is 0 Å². The Morgan fingerprint density at radius 2 is 1.54 bits per heavy atom. The molecule has 6 heteroatoms. The lowest BCUT2D eigenvalue weighted by Crippen LogP contribution is -2.40. The molecule has 1 amide bonds. The van der Waals surface area contributed by atoms with Gasteiger partial charge in [0.25, 0.3) is 5.56 Å². The first kappa shape index (κ1) is 25.6. The van der Waals surface area contributed by atoms with Crippen LogP contribution in [0.3, 0.4) is 0 Å². The molecular formula is C33H33N3O2S. The number of thioether (sulfide) groups is 1. The summed E-state index contributed by atoms with van der Waals surface area (Å²) in [6.07, 6.45) is 5.24. The summed E-state index contributed by atoms with van der Waals surface area (Å²) in [5, 5.41) is 0.139. The highest BCUT2D eigenvalue weighted by Crippen LogP contribution is 2.50. The van der Waals surface area contributed by atoms with E-state index < -0.39 is 5.25 Å². The Labute approximate surface area is 233 Å². The van der Waals surface area contributed by atoms with Crippen molar-refractivity contribution in [2.24, 2.45) is 0 Å². The van der Waals surface area contributed by atoms with Crippen LogP contribution in [-0.2, 0) is 23.2 Å². The average Bonchev–Trinajstić information content (AvgIpc) is 3.42. The number of carbonyl (C=O) groups is 1. The molecule has 2 aliphatic rings. The molecule has 4 aromatic rings. The predicted octanol–water partition coefficient (Wildman–Crippen LogP) is 7.14. The zero-order valence-corrected chi connectivity index (χ0v) is 23.3. The minimum atomic E-state index is -0.465. The van der Waals surface area contributed by atoms with Gasteiger partial charge in [0.2, 0.25) is 5.91 Å². The molecule has 3 aromatic carbocycles. The number of nitrogens with zero attached hydrogens (tertiary/aromatic N) is 3. The van der Waals surface area contributed by atoms with Crippen LogP contribution < -0.4 is 10.5 Å². The normalized spacial score (nSPS) is 15.9. The molecular weight excluding hydrogens is 502 g/mol. The zero-order chi connectivity index (χ0) is 27.0. The quantitative estimate of drug-likeness (QED) is 0.194. The summed E-state index contributed by atoms with van der Waals surface area (Å²) in [5.74, 6) is -0.0558. The van der Waals surface area contributed by atoms with Gasteiger partial charge in [-0.05, 0) is 62.9 Å². The maximum Gasteiger partial charge on any atom is 0.258 e. The number of benzene rings is 3. The van der Waals surface area contributed by atoms with Crippen LogP contribution in [0.5, 0.6) is 0 Å². The number of carbonyl (C=O) groups excluding carboxylic acids is 1. The van der Waals surface area contributed by atoms with Crippen molar-refractivity contribution in [1.82, 2.24) is 9.55 Å². The third kappa shape index (κ3) is 4.51. The summed E-state index contributed by atoms with van der Waals surface area (Å²) in [6.45, 7) is 4.41. The Hall–Kier alpha value is -3.64. The van der Waals surface area contributed by atoms with E-state index in [0.29, 0.717) is 11.7 Å². The van der Waals surface area contributed by atoms with Gasteiger partial charge in [0.15, 0.2) is 5.16 Å². The van der Waals surface area contributed by atoms with Crippen LogP contribution in [0.15, 0.2) is 94.9 Å². The molecule has 39 heavy (non-hydrogen) atoms. The number of aromatic nitrogens is 2. The number of hydrogen-bond donors (Lipinski definition) is 0. The predicted molar refractivity (Wildman–Crippen MR) is 159 cm³/mol. The van der Waals surface area contributed by atoms with E-state index in [1.807, 2.05) is 80.6 Å². The van der Waals surface area contributed by atoms with E-state index in [2.05, 4.69) is 18.2 Å². The fourth-order valence-electron chi connectivity index (χ4n) is 6.36. The first-order chi connectivity index (χ1) is 19.0. The van der Waals surface area contributed by atoms with Gasteiger partial charge in [-0.1, -0.05) is 85.3 Å². The highest BCUT2D eigenvalue weighted by molar-refractivity contribution is 8.00. The van der Waals surface area contributed by atoms with Gasteiger partial charge in [-0.2, -0.15) is 0 Å². The Bertz CT molecular complexity index is 1520. The third-order valence-corrected chi connectivity index (χ3v) is 9.30. The summed E-state index contributed by atoms with van der Waals surface area (Å²) < 4.78 is 1.79. The van der Waals surface area contributed by atoms with Crippen LogP contribution in [0.1, 0.15) is 50.7 Å². The van der Waals surface area contributed by atoms with E-state index in [9.17, 15) is 9.59 Å². The number of amides is 1. The Morgan fingerprint density at radius 3 is 2.15 bits per heavy atom. The standard InChI is InChI=1S/C33H33N3O2S/c1-3-35-31(38)28-29(27-19-11-10-14-24(27)22-33(28)20-12-13-21-33)34-32(35)39-23(2)30(37)36(25-15-6-4-7-16-25)26-17-8-5-9-18-26/h4-11,14-19,23H,3,12-13,20-22H2,1-2H3. The molecule has 5 nitrogen and oxygen atoms in total. The molecule has 1 unspecified atom stereocenters. The molecule has 0 N–H and O–H groups in total. The van der Waals surface area contributed by atoms with Crippen LogP contribution in [0.25, 0.3) is 11.3 Å². The zero-order valence-electron chi connectivity index (χ0n) is 22.5. The smallest absolute Gasteiger partial charge is 0.258 e. The van der Waals surface area contributed by atoms with Gasteiger partial charge in [-0.25, -0.2) is 4.98 Å². The Balaban J connectivity index is 1.42. The molecule has 0 radical (unpaired) electrons. The van der Waals surface area contributed by atoms with E-state index in [0.717, 1.165) is 60.3 Å². The monoisotopic (exact) mass is 535 g/mol. The maximum atomic E-state index is 14.2. The lowest BCUT2D eigenvalue weighted by Gasteiger charge is -2.36. The minimum Gasteiger partial charge on any atom is -0.288 e. The van der Waals surface area contributed by atoms with Crippen LogP contribution in [0, 0.1) is 0 Å². The summed E-state index contributed by atoms with van der Waals surface area (Å²) >= 11 is 1.37. The first-order valence-corrected chi connectivity index (χ1v) is 14.7. The van der Waals surface area contributed by atoms with Gasteiger partial charge >= 0.3 is 0 Å². The molecule has 0 bridgehead atoms. The summed E-state index contributed by atoms with van der Waals surface area (Å²) in [7, 11) is 0. The number of fused-ring (bicyclic) bond motifs is 4. The van der Waals surface area contributed by atoms with E-state index in [1.165, 1.54) is 17.3 Å². The Kier molecular flexibility index (Phi) is 6.90. The van der Waals surface area contributed by atoms with Crippen LogP contribution in [-0.4, -0.2) is 20.7 Å². The van der Waals surface area contributed by atoms with Gasteiger partial charge in [0, 0.05) is 28.9 Å². The van der Waals surface area contributed by atoms with E-state index in [-0.39, 0.29) is 16.9 Å². The van der Waals surface area contributed by atoms with Crippen molar-refractivity contribution >= 4 is 29.0 Å². The first-order valence-electron chi connectivity index (χ1n) is 13.9. The van der Waals surface area contributed by atoms with Gasteiger partial charge in [-0.3, -0.25) is 19.1 Å². The molecule has 1 atom stereocenters. The molecule has 6 rings (SSSR count). The summed E-state index contributed by atoms with van der Waals surface area (Å²) in [6, 6.07) is 27.8. The van der Waals surface area contributed by atoms with E-state index in [4.69, 9.17) is 4.98 Å². The van der Waals surface area contributed by atoms with Gasteiger partial charge in [0.1, 0.15) is 0 Å². The van der Waals surface area contributed by atoms with Crippen molar-refractivity contribution in [3.05, 3.63) is 106 Å². The number of rotatable bonds is 6. The minimum absolute atomic E-state index is 0.0558. The fourth-order valence-corrected chi connectivity index (χ4v) is 7.37. The van der Waals surface area contributed by atoms with Crippen LogP contribution in [0.2, 0.25) is 0 Å². The van der Waals surface area contributed by atoms with Crippen LogP contribution >= 0.6 is 11.8 Å². The van der Waals surface area contributed by atoms with Crippen molar-refractivity contribution in [2.75, 3.05) is 4.90 Å². The molecule has 1 saturated carbocycles. The van der Waals surface area contributed by atoms with Crippen molar-refractivity contribution in [2.45, 2.75) is 68.3 Å². The molecule has 1 spiro atoms. The molecule has 2 aliphatic carbocycles.